The van der Waals surface area contributed by atoms with Gasteiger partial charge in [0.15, 0.2) is 0 Å². The number of carbonyl (C=O) groups excluding carboxylic acids is 1. The van der Waals surface area contributed by atoms with Gasteiger partial charge in [0.2, 0.25) is 5.91 Å². The number of morpholine rings is 1. The zero-order chi connectivity index (χ0) is 11.5. The van der Waals surface area contributed by atoms with Crippen molar-refractivity contribution in [1.82, 2.24) is 4.90 Å². The summed E-state index contributed by atoms with van der Waals surface area (Å²) >= 11 is 5.72. The number of rotatable bonds is 2. The lowest BCUT2D eigenvalue weighted by molar-refractivity contribution is -0.139. The summed E-state index contributed by atoms with van der Waals surface area (Å²) in [7, 11) is 0. The van der Waals surface area contributed by atoms with Gasteiger partial charge in [0.25, 0.3) is 0 Å². The van der Waals surface area contributed by atoms with Crippen LogP contribution in [0.2, 0.25) is 0 Å². The molecule has 0 N–H and O–H groups in total. The second kappa shape index (κ2) is 5.17. The van der Waals surface area contributed by atoms with Gasteiger partial charge in [0.1, 0.15) is 0 Å². The molecule has 0 radical (unpaired) electrons. The van der Waals surface area contributed by atoms with Gasteiger partial charge in [-0.3, -0.25) is 4.79 Å². The zero-order valence-electron chi connectivity index (χ0n) is 9.75. The van der Waals surface area contributed by atoms with Crippen molar-refractivity contribution in [2.75, 3.05) is 25.6 Å². The molecule has 0 aromatic rings. The van der Waals surface area contributed by atoms with Gasteiger partial charge in [0, 0.05) is 19.5 Å². The standard InChI is InChI=1S/C11H20ClNO2/c1-11(2,3)6-10(14)13-4-5-15-9(7-12)8-13/h9H,4-8H2,1-3H3. The third-order valence-corrected chi connectivity index (χ3v) is 2.69. The Hall–Kier alpha value is -0.280. The van der Waals surface area contributed by atoms with E-state index in [0.717, 1.165) is 0 Å². The third kappa shape index (κ3) is 4.39. The van der Waals surface area contributed by atoms with Crippen LogP contribution in [0.3, 0.4) is 0 Å². The van der Waals surface area contributed by atoms with Crippen LogP contribution in [0.4, 0.5) is 0 Å². The van der Waals surface area contributed by atoms with Crippen molar-refractivity contribution in [3.8, 4) is 0 Å². The van der Waals surface area contributed by atoms with Gasteiger partial charge in [-0.1, -0.05) is 20.8 Å². The molecule has 0 aromatic heterocycles. The Morgan fingerprint density at radius 1 is 1.53 bits per heavy atom. The summed E-state index contributed by atoms with van der Waals surface area (Å²) in [5.41, 5.74) is 0.0475. The van der Waals surface area contributed by atoms with E-state index in [-0.39, 0.29) is 17.4 Å². The predicted octanol–water partition coefficient (Wildman–Crippen LogP) is 1.89. The molecule has 1 fully saturated rings. The molecule has 1 unspecified atom stereocenters. The number of nitrogens with zero attached hydrogens (tertiary/aromatic N) is 1. The molecule has 15 heavy (non-hydrogen) atoms. The second-order valence-electron chi connectivity index (χ2n) is 5.22. The average Bonchev–Trinajstić information content (AvgIpc) is 2.15. The van der Waals surface area contributed by atoms with Crippen molar-refractivity contribution < 1.29 is 9.53 Å². The summed E-state index contributed by atoms with van der Waals surface area (Å²) in [6.07, 6.45) is 0.589. The van der Waals surface area contributed by atoms with E-state index in [1.54, 1.807) is 0 Å². The molecule has 3 nitrogen and oxygen atoms in total. The lowest BCUT2D eigenvalue weighted by Crippen LogP contribution is -2.47. The van der Waals surface area contributed by atoms with Gasteiger partial charge in [0.05, 0.1) is 18.6 Å². The van der Waals surface area contributed by atoms with Crippen LogP contribution in [0.5, 0.6) is 0 Å². The number of halogens is 1. The molecule has 1 atom stereocenters. The predicted molar refractivity (Wildman–Crippen MR) is 61.1 cm³/mol. The average molecular weight is 234 g/mol. The van der Waals surface area contributed by atoms with Crippen LogP contribution in [0.1, 0.15) is 27.2 Å². The minimum absolute atomic E-state index is 0.00401. The summed E-state index contributed by atoms with van der Waals surface area (Å²) < 4.78 is 5.41. The van der Waals surface area contributed by atoms with Gasteiger partial charge in [-0.05, 0) is 5.41 Å². The molecule has 1 amide bonds. The Morgan fingerprint density at radius 2 is 2.20 bits per heavy atom. The van der Waals surface area contributed by atoms with Crippen molar-refractivity contribution in [2.24, 2.45) is 5.41 Å². The molecule has 1 rings (SSSR count). The second-order valence-corrected chi connectivity index (χ2v) is 5.53. The molecular weight excluding hydrogens is 214 g/mol. The maximum absolute atomic E-state index is 11.9. The molecule has 88 valence electrons. The highest BCUT2D eigenvalue weighted by atomic mass is 35.5. The minimum Gasteiger partial charge on any atom is -0.373 e. The normalized spacial score (nSPS) is 22.9. The highest BCUT2D eigenvalue weighted by Crippen LogP contribution is 2.20. The SMILES string of the molecule is CC(C)(C)CC(=O)N1CCOC(CCl)C1. The molecule has 0 spiro atoms. The van der Waals surface area contributed by atoms with Crippen LogP contribution in [0, 0.1) is 5.41 Å². The van der Waals surface area contributed by atoms with Crippen molar-refractivity contribution in [2.45, 2.75) is 33.3 Å². The van der Waals surface area contributed by atoms with Crippen LogP contribution in [0.25, 0.3) is 0 Å². The highest BCUT2D eigenvalue weighted by Gasteiger charge is 2.26. The van der Waals surface area contributed by atoms with Gasteiger partial charge in [-0.2, -0.15) is 0 Å². The number of ether oxygens (including phenoxy) is 1. The molecule has 0 aliphatic carbocycles. The number of carbonyl (C=O) groups is 1. The monoisotopic (exact) mass is 233 g/mol. The fourth-order valence-corrected chi connectivity index (χ4v) is 1.79. The van der Waals surface area contributed by atoms with Crippen LogP contribution in [-0.2, 0) is 9.53 Å². The van der Waals surface area contributed by atoms with Crippen LogP contribution in [0.15, 0.2) is 0 Å². The van der Waals surface area contributed by atoms with Crippen LogP contribution in [-0.4, -0.2) is 42.5 Å². The number of hydrogen-bond acceptors (Lipinski definition) is 2. The first kappa shape index (κ1) is 12.8. The molecule has 0 bridgehead atoms. The fourth-order valence-electron chi connectivity index (χ4n) is 1.60. The van der Waals surface area contributed by atoms with Crippen molar-refractivity contribution >= 4 is 17.5 Å². The fraction of sp³-hybridized carbons (Fsp3) is 0.909. The number of alkyl halides is 1. The van der Waals surface area contributed by atoms with Crippen LogP contribution < -0.4 is 0 Å². The maximum atomic E-state index is 11.9. The Balaban J connectivity index is 2.45. The first-order chi connectivity index (χ1) is 6.92. The number of amides is 1. The van der Waals surface area contributed by atoms with Gasteiger partial charge < -0.3 is 9.64 Å². The lowest BCUT2D eigenvalue weighted by atomic mass is 9.91. The first-order valence-corrected chi connectivity index (χ1v) is 5.91. The summed E-state index contributed by atoms with van der Waals surface area (Å²) in [5.74, 6) is 0.667. The molecule has 0 aromatic carbocycles. The Labute approximate surface area is 96.7 Å². The highest BCUT2D eigenvalue weighted by molar-refractivity contribution is 6.18. The van der Waals surface area contributed by atoms with E-state index >= 15 is 0 Å². The Kier molecular flexibility index (Phi) is 4.41. The minimum atomic E-state index is 0.00401. The topological polar surface area (TPSA) is 29.5 Å². The van der Waals surface area contributed by atoms with Crippen molar-refractivity contribution in [3.05, 3.63) is 0 Å². The van der Waals surface area contributed by atoms with Crippen molar-refractivity contribution in [3.63, 3.8) is 0 Å². The molecule has 1 heterocycles. The quantitative estimate of drug-likeness (QED) is 0.682. The molecule has 1 saturated heterocycles. The molecule has 1 aliphatic rings. The lowest BCUT2D eigenvalue weighted by Gasteiger charge is -2.33. The van der Waals surface area contributed by atoms with Gasteiger partial charge >= 0.3 is 0 Å². The van der Waals surface area contributed by atoms with Crippen molar-refractivity contribution in [1.29, 1.82) is 0 Å². The molecular formula is C11H20ClNO2. The summed E-state index contributed by atoms with van der Waals surface area (Å²) in [6.45, 7) is 8.16. The third-order valence-electron chi connectivity index (χ3n) is 2.35. The van der Waals surface area contributed by atoms with E-state index in [4.69, 9.17) is 16.3 Å². The van der Waals surface area contributed by atoms with Gasteiger partial charge in [-0.15, -0.1) is 11.6 Å². The van der Waals surface area contributed by atoms with E-state index in [1.165, 1.54) is 0 Å². The van der Waals surface area contributed by atoms with E-state index in [2.05, 4.69) is 20.8 Å². The maximum Gasteiger partial charge on any atom is 0.223 e. The van der Waals surface area contributed by atoms with E-state index < -0.39 is 0 Å². The zero-order valence-corrected chi connectivity index (χ0v) is 10.5. The number of hydrogen-bond donors (Lipinski definition) is 0. The molecule has 4 heteroatoms. The Bertz CT molecular complexity index is 225. The molecule has 0 saturated carbocycles. The molecule has 1 aliphatic heterocycles. The summed E-state index contributed by atoms with van der Waals surface area (Å²) in [5, 5.41) is 0. The van der Waals surface area contributed by atoms with E-state index in [1.807, 2.05) is 4.90 Å². The smallest absolute Gasteiger partial charge is 0.223 e. The van der Waals surface area contributed by atoms with E-state index in [9.17, 15) is 4.79 Å². The largest absolute Gasteiger partial charge is 0.373 e. The van der Waals surface area contributed by atoms with E-state index in [0.29, 0.717) is 32.0 Å². The summed E-state index contributed by atoms with van der Waals surface area (Å²) in [6, 6.07) is 0. The summed E-state index contributed by atoms with van der Waals surface area (Å²) in [4.78, 5) is 13.8. The Morgan fingerprint density at radius 3 is 2.73 bits per heavy atom. The van der Waals surface area contributed by atoms with Crippen LogP contribution >= 0.6 is 11.6 Å². The first-order valence-electron chi connectivity index (χ1n) is 5.38. The van der Waals surface area contributed by atoms with Gasteiger partial charge in [-0.25, -0.2) is 0 Å².